The van der Waals surface area contributed by atoms with Gasteiger partial charge in [0, 0.05) is 0 Å². The predicted octanol–water partition coefficient (Wildman–Crippen LogP) is 5.69. The second kappa shape index (κ2) is 8.41. The van der Waals surface area contributed by atoms with Crippen molar-refractivity contribution in [2.75, 3.05) is 0 Å². The molecule has 152 valence electrons. The molecule has 1 aliphatic rings. The molecule has 30 heavy (non-hydrogen) atoms. The number of carbonyl (C=O) groups excluding carboxylic acids is 2. The Labute approximate surface area is 175 Å². The normalized spacial score (nSPS) is 19.3. The van der Waals surface area contributed by atoms with Gasteiger partial charge in [0.2, 0.25) is 5.91 Å². The van der Waals surface area contributed by atoms with E-state index in [1.165, 1.54) is 4.90 Å². The minimum Gasteiger partial charge on any atom is -0.457 e. The van der Waals surface area contributed by atoms with Crippen LogP contribution in [0.2, 0.25) is 0 Å². The summed E-state index contributed by atoms with van der Waals surface area (Å²) in [7, 11) is 0. The quantitative estimate of drug-likeness (QED) is 0.551. The molecule has 2 amide bonds. The van der Waals surface area contributed by atoms with Gasteiger partial charge in [-0.3, -0.25) is 4.79 Å². The van der Waals surface area contributed by atoms with Crippen molar-refractivity contribution in [2.24, 2.45) is 0 Å². The molecule has 1 heterocycles. The maximum atomic E-state index is 13.1. The molecule has 0 saturated carbocycles. The van der Waals surface area contributed by atoms with Crippen molar-refractivity contribution >= 4 is 12.0 Å². The van der Waals surface area contributed by atoms with Crippen LogP contribution >= 0.6 is 0 Å². The van der Waals surface area contributed by atoms with E-state index >= 15 is 0 Å². The van der Waals surface area contributed by atoms with Crippen molar-refractivity contribution in [1.82, 2.24) is 4.90 Å². The Morgan fingerprint density at radius 3 is 2.10 bits per heavy atom. The second-order valence-electron chi connectivity index (χ2n) is 7.37. The van der Waals surface area contributed by atoms with Crippen LogP contribution in [0.5, 0.6) is 11.5 Å². The molecule has 3 aromatic rings. The van der Waals surface area contributed by atoms with E-state index in [9.17, 15) is 9.59 Å². The third-order valence-corrected chi connectivity index (χ3v) is 5.36. The third kappa shape index (κ3) is 3.92. The van der Waals surface area contributed by atoms with Crippen LogP contribution in [0.3, 0.4) is 0 Å². The first-order valence-corrected chi connectivity index (χ1v) is 9.96. The van der Waals surface area contributed by atoms with E-state index < -0.39 is 18.1 Å². The fourth-order valence-electron chi connectivity index (χ4n) is 3.65. The Kier molecular flexibility index (Phi) is 5.53. The maximum Gasteiger partial charge on any atom is 0.417 e. The number of ether oxygens (including phenoxy) is 2. The minimum atomic E-state index is -0.600. The van der Waals surface area contributed by atoms with Gasteiger partial charge < -0.3 is 9.47 Å². The van der Waals surface area contributed by atoms with E-state index in [1.807, 2.05) is 91.9 Å². The van der Waals surface area contributed by atoms with Gasteiger partial charge in [-0.05, 0) is 49.2 Å². The molecule has 0 aliphatic carbocycles. The SMILES string of the molecule is CC(C(=O)N1C(=O)O[C@@H](c2ccccc2)[C@@H]1C)c1ccc(Oc2ccccc2)cc1. The van der Waals surface area contributed by atoms with Crippen LogP contribution in [0, 0.1) is 0 Å². The zero-order valence-electron chi connectivity index (χ0n) is 16.9. The van der Waals surface area contributed by atoms with Gasteiger partial charge in [0.1, 0.15) is 17.6 Å². The summed E-state index contributed by atoms with van der Waals surface area (Å²) in [6, 6.07) is 25.9. The Morgan fingerprint density at radius 1 is 0.900 bits per heavy atom. The van der Waals surface area contributed by atoms with Crippen molar-refractivity contribution in [3.63, 3.8) is 0 Å². The van der Waals surface area contributed by atoms with E-state index in [0.29, 0.717) is 5.75 Å². The van der Waals surface area contributed by atoms with Crippen LogP contribution < -0.4 is 4.74 Å². The number of cyclic esters (lactones) is 1. The Hall–Kier alpha value is -3.60. The fraction of sp³-hybridized carbons (Fsp3) is 0.200. The summed E-state index contributed by atoms with van der Waals surface area (Å²) < 4.78 is 11.3. The lowest BCUT2D eigenvalue weighted by Crippen LogP contribution is -2.40. The minimum absolute atomic E-state index is 0.275. The smallest absolute Gasteiger partial charge is 0.417 e. The van der Waals surface area contributed by atoms with Gasteiger partial charge in [-0.25, -0.2) is 9.69 Å². The largest absolute Gasteiger partial charge is 0.457 e. The molecular formula is C25H23NO4. The highest BCUT2D eigenvalue weighted by Crippen LogP contribution is 2.34. The molecule has 3 aromatic carbocycles. The highest BCUT2D eigenvalue weighted by atomic mass is 16.6. The average Bonchev–Trinajstić information content (AvgIpc) is 3.08. The van der Waals surface area contributed by atoms with Crippen molar-refractivity contribution in [3.05, 3.63) is 96.1 Å². The van der Waals surface area contributed by atoms with Gasteiger partial charge in [-0.2, -0.15) is 0 Å². The molecule has 1 fully saturated rings. The molecule has 0 aromatic heterocycles. The molecule has 3 atom stereocenters. The van der Waals surface area contributed by atoms with Gasteiger partial charge in [0.25, 0.3) is 0 Å². The van der Waals surface area contributed by atoms with Gasteiger partial charge in [0.15, 0.2) is 0 Å². The molecular weight excluding hydrogens is 378 g/mol. The van der Waals surface area contributed by atoms with Crippen LogP contribution in [0.15, 0.2) is 84.9 Å². The number of amides is 2. The standard InChI is InChI=1S/C25H23NO4/c1-17(19-13-15-22(16-14-19)29-21-11-7-4-8-12-21)24(27)26-18(2)23(30-25(26)28)20-9-5-3-6-10-20/h3-18,23H,1-2H3/t17?,18-,23+/m0/s1. The number of hydrogen-bond acceptors (Lipinski definition) is 4. The molecule has 1 unspecified atom stereocenters. The summed E-state index contributed by atoms with van der Waals surface area (Å²) >= 11 is 0. The summed E-state index contributed by atoms with van der Waals surface area (Å²) in [4.78, 5) is 26.8. The summed E-state index contributed by atoms with van der Waals surface area (Å²) in [5.74, 6) is 0.667. The molecule has 4 rings (SSSR count). The second-order valence-corrected chi connectivity index (χ2v) is 7.37. The first kappa shape index (κ1) is 19.7. The van der Waals surface area contributed by atoms with Crippen molar-refractivity contribution < 1.29 is 19.1 Å². The molecule has 0 bridgehead atoms. The van der Waals surface area contributed by atoms with Gasteiger partial charge in [-0.15, -0.1) is 0 Å². The number of rotatable bonds is 5. The summed E-state index contributed by atoms with van der Waals surface area (Å²) in [6.07, 6.45) is -1.06. The number of imide groups is 1. The monoisotopic (exact) mass is 401 g/mol. The summed E-state index contributed by atoms with van der Waals surface area (Å²) in [5.41, 5.74) is 1.69. The van der Waals surface area contributed by atoms with Gasteiger partial charge in [-0.1, -0.05) is 60.7 Å². The number of carbonyl (C=O) groups is 2. The molecule has 0 spiro atoms. The van der Waals surface area contributed by atoms with E-state index in [0.717, 1.165) is 16.9 Å². The highest BCUT2D eigenvalue weighted by molar-refractivity contribution is 5.97. The maximum absolute atomic E-state index is 13.1. The Morgan fingerprint density at radius 2 is 1.47 bits per heavy atom. The van der Waals surface area contributed by atoms with Crippen LogP contribution in [0.1, 0.15) is 37.0 Å². The predicted molar refractivity (Wildman–Crippen MR) is 113 cm³/mol. The van der Waals surface area contributed by atoms with E-state index in [2.05, 4.69) is 0 Å². The van der Waals surface area contributed by atoms with Crippen LogP contribution in [0.4, 0.5) is 4.79 Å². The number of benzene rings is 3. The zero-order chi connectivity index (χ0) is 21.1. The lowest BCUT2D eigenvalue weighted by atomic mass is 9.97. The molecule has 0 radical (unpaired) electrons. The van der Waals surface area contributed by atoms with Crippen LogP contribution in [-0.4, -0.2) is 22.9 Å². The molecule has 5 nitrogen and oxygen atoms in total. The van der Waals surface area contributed by atoms with Crippen molar-refractivity contribution in [2.45, 2.75) is 31.9 Å². The van der Waals surface area contributed by atoms with E-state index in [4.69, 9.17) is 9.47 Å². The van der Waals surface area contributed by atoms with E-state index in [-0.39, 0.29) is 11.9 Å². The lowest BCUT2D eigenvalue weighted by molar-refractivity contribution is -0.130. The van der Waals surface area contributed by atoms with Gasteiger partial charge >= 0.3 is 6.09 Å². The number of hydrogen-bond donors (Lipinski definition) is 0. The average molecular weight is 401 g/mol. The third-order valence-electron chi connectivity index (χ3n) is 5.36. The Bertz CT molecular complexity index is 1020. The van der Waals surface area contributed by atoms with Gasteiger partial charge in [0.05, 0.1) is 12.0 Å². The Balaban J connectivity index is 1.47. The number of nitrogens with zero attached hydrogens (tertiary/aromatic N) is 1. The summed E-state index contributed by atoms with van der Waals surface area (Å²) in [5, 5.41) is 0. The first-order valence-electron chi connectivity index (χ1n) is 9.96. The van der Waals surface area contributed by atoms with Crippen LogP contribution in [-0.2, 0) is 9.53 Å². The molecule has 5 heteroatoms. The fourth-order valence-corrected chi connectivity index (χ4v) is 3.65. The highest BCUT2D eigenvalue weighted by Gasteiger charge is 2.44. The lowest BCUT2D eigenvalue weighted by Gasteiger charge is -2.22. The number of para-hydroxylation sites is 1. The van der Waals surface area contributed by atoms with Crippen molar-refractivity contribution in [3.8, 4) is 11.5 Å². The van der Waals surface area contributed by atoms with Crippen molar-refractivity contribution in [1.29, 1.82) is 0 Å². The molecule has 1 aliphatic heterocycles. The topological polar surface area (TPSA) is 55.8 Å². The molecule has 1 saturated heterocycles. The summed E-state index contributed by atoms with van der Waals surface area (Å²) in [6.45, 7) is 3.63. The van der Waals surface area contributed by atoms with Crippen LogP contribution in [0.25, 0.3) is 0 Å². The van der Waals surface area contributed by atoms with E-state index in [1.54, 1.807) is 6.92 Å². The first-order chi connectivity index (χ1) is 14.5. The zero-order valence-corrected chi connectivity index (χ0v) is 16.9. The molecule has 0 N–H and O–H groups in total.